The summed E-state index contributed by atoms with van der Waals surface area (Å²) in [6.07, 6.45) is 1.02. The molecule has 8 heteroatoms. The molecular formula is C23H32N4O2S2. The van der Waals surface area contributed by atoms with E-state index in [-0.39, 0.29) is 18.5 Å². The Morgan fingerprint density at radius 1 is 1.23 bits per heavy atom. The maximum atomic E-state index is 12.4. The van der Waals surface area contributed by atoms with Crippen LogP contribution < -0.4 is 10.6 Å². The van der Waals surface area contributed by atoms with Crippen LogP contribution in [-0.2, 0) is 16.1 Å². The van der Waals surface area contributed by atoms with Gasteiger partial charge in [0.25, 0.3) is 0 Å². The molecule has 3 rings (SSSR count). The molecule has 0 unspecified atom stereocenters. The standard InChI is InChI=1S/C23H32N4O2S2/c1-19(20-7-3-2-4-8-20)25-22(28)17-24-23(30)27(18-21-9-5-16-31-21)11-6-10-26-12-14-29-15-13-26/h2-5,7-9,16,19H,6,10-15,17-18H2,1H3,(H,24,30)(H,25,28)/t19-/m0/s1. The molecule has 1 saturated heterocycles. The number of morpholine rings is 1. The molecule has 0 radical (unpaired) electrons. The van der Waals surface area contributed by atoms with E-state index in [9.17, 15) is 4.79 Å². The predicted molar refractivity (Wildman–Crippen MR) is 130 cm³/mol. The highest BCUT2D eigenvalue weighted by molar-refractivity contribution is 7.80. The van der Waals surface area contributed by atoms with Crippen molar-refractivity contribution in [3.63, 3.8) is 0 Å². The molecule has 168 valence electrons. The second-order valence-electron chi connectivity index (χ2n) is 7.67. The van der Waals surface area contributed by atoms with Crippen LogP contribution in [0.1, 0.15) is 29.8 Å². The Morgan fingerprint density at radius 2 is 2.00 bits per heavy atom. The number of hydrogen-bond donors (Lipinski definition) is 2. The maximum absolute atomic E-state index is 12.4. The van der Waals surface area contributed by atoms with E-state index >= 15 is 0 Å². The summed E-state index contributed by atoms with van der Waals surface area (Å²) in [7, 11) is 0. The number of nitrogens with zero attached hydrogens (tertiary/aromatic N) is 2. The monoisotopic (exact) mass is 460 g/mol. The molecule has 1 aliphatic heterocycles. The molecule has 0 saturated carbocycles. The van der Waals surface area contributed by atoms with Gasteiger partial charge in [0.1, 0.15) is 0 Å². The molecule has 1 atom stereocenters. The number of amides is 1. The molecular weight excluding hydrogens is 428 g/mol. The fourth-order valence-electron chi connectivity index (χ4n) is 3.54. The summed E-state index contributed by atoms with van der Waals surface area (Å²) in [4.78, 5) is 18.3. The van der Waals surface area contributed by atoms with Gasteiger partial charge in [-0.1, -0.05) is 36.4 Å². The van der Waals surface area contributed by atoms with Crippen LogP contribution in [0.2, 0.25) is 0 Å². The van der Waals surface area contributed by atoms with E-state index in [0.29, 0.717) is 5.11 Å². The first-order valence-electron chi connectivity index (χ1n) is 10.8. The quantitative estimate of drug-likeness (QED) is 0.532. The first-order valence-corrected chi connectivity index (χ1v) is 12.1. The second-order valence-corrected chi connectivity index (χ2v) is 9.09. The number of nitrogens with one attached hydrogen (secondary N) is 2. The number of carbonyl (C=O) groups excluding carboxylic acids is 1. The van der Waals surface area contributed by atoms with Gasteiger partial charge in [0.2, 0.25) is 5.91 Å². The van der Waals surface area contributed by atoms with Crippen molar-refractivity contribution in [2.75, 3.05) is 45.9 Å². The molecule has 1 aliphatic rings. The van der Waals surface area contributed by atoms with Crippen LogP contribution in [0.3, 0.4) is 0 Å². The van der Waals surface area contributed by atoms with Crippen molar-refractivity contribution in [1.29, 1.82) is 0 Å². The minimum atomic E-state index is -0.0666. The summed E-state index contributed by atoms with van der Waals surface area (Å²) < 4.78 is 5.43. The molecule has 2 N–H and O–H groups in total. The lowest BCUT2D eigenvalue weighted by molar-refractivity contribution is -0.120. The van der Waals surface area contributed by atoms with Gasteiger partial charge in [-0.2, -0.15) is 0 Å². The van der Waals surface area contributed by atoms with Crippen LogP contribution in [0.25, 0.3) is 0 Å². The number of benzene rings is 1. The lowest BCUT2D eigenvalue weighted by Gasteiger charge is -2.29. The van der Waals surface area contributed by atoms with Gasteiger partial charge in [0, 0.05) is 31.1 Å². The van der Waals surface area contributed by atoms with Crippen molar-refractivity contribution in [3.8, 4) is 0 Å². The Balaban J connectivity index is 1.46. The van der Waals surface area contributed by atoms with Gasteiger partial charge in [-0.25, -0.2) is 0 Å². The van der Waals surface area contributed by atoms with Crippen molar-refractivity contribution >= 4 is 34.6 Å². The summed E-state index contributed by atoms with van der Waals surface area (Å²) >= 11 is 7.38. The Morgan fingerprint density at radius 3 is 2.71 bits per heavy atom. The van der Waals surface area contributed by atoms with E-state index in [0.717, 1.165) is 57.9 Å². The summed E-state index contributed by atoms with van der Waals surface area (Å²) in [5, 5.41) is 8.89. The largest absolute Gasteiger partial charge is 0.379 e. The number of thiophene rings is 1. The van der Waals surface area contributed by atoms with Crippen LogP contribution in [0.5, 0.6) is 0 Å². The fourth-order valence-corrected chi connectivity index (χ4v) is 4.49. The van der Waals surface area contributed by atoms with E-state index in [1.807, 2.05) is 37.3 Å². The van der Waals surface area contributed by atoms with E-state index in [4.69, 9.17) is 17.0 Å². The van der Waals surface area contributed by atoms with Crippen molar-refractivity contribution in [2.24, 2.45) is 0 Å². The zero-order valence-corrected chi connectivity index (χ0v) is 19.7. The van der Waals surface area contributed by atoms with Gasteiger partial charge >= 0.3 is 0 Å². The van der Waals surface area contributed by atoms with E-state index < -0.39 is 0 Å². The van der Waals surface area contributed by atoms with Crippen LogP contribution in [0, 0.1) is 0 Å². The van der Waals surface area contributed by atoms with Gasteiger partial charge < -0.3 is 20.3 Å². The average Bonchev–Trinajstić information content (AvgIpc) is 3.31. The Labute approximate surface area is 194 Å². The van der Waals surface area contributed by atoms with E-state index in [1.54, 1.807) is 11.3 Å². The third kappa shape index (κ3) is 8.22. The van der Waals surface area contributed by atoms with Gasteiger partial charge in [-0.05, 0) is 42.6 Å². The Kier molecular flexibility index (Phi) is 9.74. The van der Waals surface area contributed by atoms with Crippen LogP contribution in [-0.4, -0.2) is 66.8 Å². The van der Waals surface area contributed by atoms with Crippen molar-refractivity contribution in [2.45, 2.75) is 25.9 Å². The summed E-state index contributed by atoms with van der Waals surface area (Å²) in [6.45, 7) is 8.41. The molecule has 0 bridgehead atoms. The molecule has 31 heavy (non-hydrogen) atoms. The van der Waals surface area contributed by atoms with Gasteiger partial charge in [-0.3, -0.25) is 9.69 Å². The normalized spacial score (nSPS) is 15.3. The number of hydrogen-bond acceptors (Lipinski definition) is 5. The molecule has 2 heterocycles. The van der Waals surface area contributed by atoms with Crippen LogP contribution >= 0.6 is 23.6 Å². The summed E-state index contributed by atoms with van der Waals surface area (Å²) in [5.74, 6) is -0.0666. The number of thiocarbonyl (C=S) groups is 1. The molecule has 0 spiro atoms. The molecule has 1 fully saturated rings. The first kappa shape index (κ1) is 23.7. The van der Waals surface area contributed by atoms with E-state index in [1.165, 1.54) is 4.88 Å². The zero-order chi connectivity index (χ0) is 21.9. The first-order chi connectivity index (χ1) is 15.1. The minimum absolute atomic E-state index is 0.0418. The van der Waals surface area contributed by atoms with Crippen molar-refractivity contribution in [3.05, 3.63) is 58.3 Å². The average molecular weight is 461 g/mol. The third-order valence-corrected chi connectivity index (χ3v) is 6.56. The SMILES string of the molecule is C[C@H](NC(=O)CNC(=S)N(CCCN1CCOCC1)Cc1cccs1)c1ccccc1. The number of ether oxygens (including phenoxy) is 1. The number of carbonyl (C=O) groups is 1. The lowest BCUT2D eigenvalue weighted by atomic mass is 10.1. The lowest BCUT2D eigenvalue weighted by Crippen LogP contribution is -2.45. The van der Waals surface area contributed by atoms with Gasteiger partial charge in [0.15, 0.2) is 5.11 Å². The van der Waals surface area contributed by atoms with Crippen LogP contribution in [0.15, 0.2) is 47.8 Å². The summed E-state index contributed by atoms with van der Waals surface area (Å²) in [5.41, 5.74) is 1.08. The molecule has 1 amide bonds. The fraction of sp³-hybridized carbons (Fsp3) is 0.478. The smallest absolute Gasteiger partial charge is 0.239 e. The highest BCUT2D eigenvalue weighted by Gasteiger charge is 2.15. The maximum Gasteiger partial charge on any atom is 0.239 e. The Hall–Kier alpha value is -2.00. The van der Waals surface area contributed by atoms with Gasteiger partial charge in [-0.15, -0.1) is 11.3 Å². The zero-order valence-electron chi connectivity index (χ0n) is 18.1. The van der Waals surface area contributed by atoms with E-state index in [2.05, 4.69) is 37.9 Å². The summed E-state index contributed by atoms with van der Waals surface area (Å²) in [6, 6.07) is 14.1. The highest BCUT2D eigenvalue weighted by Crippen LogP contribution is 2.13. The van der Waals surface area contributed by atoms with Crippen molar-refractivity contribution < 1.29 is 9.53 Å². The topological polar surface area (TPSA) is 56.8 Å². The molecule has 1 aromatic carbocycles. The Bertz CT molecular complexity index is 795. The molecule has 2 aromatic rings. The predicted octanol–water partition coefficient (Wildman–Crippen LogP) is 3.02. The second kappa shape index (κ2) is 12.8. The van der Waals surface area contributed by atoms with Crippen molar-refractivity contribution in [1.82, 2.24) is 20.4 Å². The highest BCUT2D eigenvalue weighted by atomic mass is 32.1. The third-order valence-electron chi connectivity index (χ3n) is 5.30. The van der Waals surface area contributed by atoms with Gasteiger partial charge in [0.05, 0.1) is 32.3 Å². The minimum Gasteiger partial charge on any atom is -0.379 e. The molecule has 1 aromatic heterocycles. The molecule has 6 nitrogen and oxygen atoms in total. The molecule has 0 aliphatic carbocycles. The van der Waals surface area contributed by atoms with Crippen LogP contribution in [0.4, 0.5) is 0 Å². The number of rotatable bonds is 10.